The molecule has 8 nitrogen and oxygen atoms in total. The Morgan fingerprint density at radius 1 is 0.685 bits per heavy atom. The van der Waals surface area contributed by atoms with Gasteiger partial charge in [0.1, 0.15) is 11.5 Å². The van der Waals surface area contributed by atoms with Gasteiger partial charge in [0.2, 0.25) is 0 Å². The molecule has 0 saturated carbocycles. The van der Waals surface area contributed by atoms with Crippen LogP contribution in [-0.4, -0.2) is 37.2 Å². The Bertz CT molecular complexity index is 2150. The molecule has 0 aliphatic carbocycles. The van der Waals surface area contributed by atoms with Crippen LogP contribution >= 0.6 is 0 Å². The first-order valence-corrected chi connectivity index (χ1v) is 16.9. The van der Waals surface area contributed by atoms with Gasteiger partial charge < -0.3 is 18.9 Å². The van der Waals surface area contributed by atoms with E-state index in [1.165, 1.54) is 0 Å². The molecule has 0 unspecified atom stereocenters. The average Bonchev–Trinajstić information content (AvgIpc) is 3.17. The molecule has 0 bridgehead atoms. The van der Waals surface area contributed by atoms with Crippen LogP contribution in [0.15, 0.2) is 128 Å². The topological polar surface area (TPSA) is 105 Å². The SMILES string of the molecule is C=CC(=O)Oc1ccc(-c2ccc(-c3cc(CCOC(=O)C(=C)C)c(C#Cc4ccc(OC(=O)C(=C)C)cc4)c(OC(=O)C=C)c3CCCF)cc2)cc1. The Balaban J connectivity index is 1.85. The average molecular weight is 727 g/mol. The second-order valence-electron chi connectivity index (χ2n) is 12.0. The van der Waals surface area contributed by atoms with Crippen molar-refractivity contribution in [1.29, 1.82) is 0 Å². The molecule has 54 heavy (non-hydrogen) atoms. The van der Waals surface area contributed by atoms with Crippen molar-refractivity contribution in [3.05, 3.63) is 151 Å². The fraction of sp³-hybridized carbons (Fsp3) is 0.156. The van der Waals surface area contributed by atoms with Crippen molar-refractivity contribution < 1.29 is 42.5 Å². The molecule has 0 saturated heterocycles. The van der Waals surface area contributed by atoms with Gasteiger partial charge in [0.15, 0.2) is 5.75 Å². The summed E-state index contributed by atoms with van der Waals surface area (Å²) in [5.74, 6) is 4.64. The molecule has 4 rings (SSSR count). The lowest BCUT2D eigenvalue weighted by Gasteiger charge is -2.20. The predicted molar refractivity (Wildman–Crippen MR) is 206 cm³/mol. The maximum absolute atomic E-state index is 13.8. The van der Waals surface area contributed by atoms with E-state index >= 15 is 0 Å². The van der Waals surface area contributed by atoms with Crippen molar-refractivity contribution in [2.45, 2.75) is 33.1 Å². The maximum atomic E-state index is 13.8. The van der Waals surface area contributed by atoms with Gasteiger partial charge in [-0.2, -0.15) is 0 Å². The van der Waals surface area contributed by atoms with Crippen molar-refractivity contribution in [2.24, 2.45) is 0 Å². The lowest BCUT2D eigenvalue weighted by Crippen LogP contribution is -2.13. The second kappa shape index (κ2) is 19.2. The quantitative estimate of drug-likeness (QED) is 0.0519. The molecular formula is C45H39FO8. The first kappa shape index (κ1) is 40.0. The lowest BCUT2D eigenvalue weighted by atomic mass is 9.88. The molecule has 0 heterocycles. The third-order valence-electron chi connectivity index (χ3n) is 7.86. The normalized spacial score (nSPS) is 10.2. The molecule has 0 aliphatic rings. The Hall–Kier alpha value is -6.79. The van der Waals surface area contributed by atoms with Gasteiger partial charge in [-0.25, -0.2) is 19.2 Å². The van der Waals surface area contributed by atoms with Crippen molar-refractivity contribution >= 4 is 23.9 Å². The summed E-state index contributed by atoms with van der Waals surface area (Å²) < 4.78 is 35.5. The highest BCUT2D eigenvalue weighted by molar-refractivity contribution is 5.89. The summed E-state index contributed by atoms with van der Waals surface area (Å²) in [7, 11) is 0. The molecule has 0 N–H and O–H groups in total. The number of carbonyl (C=O) groups excluding carboxylic acids is 4. The summed E-state index contributed by atoms with van der Waals surface area (Å²) in [6.07, 6.45) is 2.65. The number of alkyl halides is 1. The monoisotopic (exact) mass is 726 g/mol. The summed E-state index contributed by atoms with van der Waals surface area (Å²) in [5.41, 5.74) is 5.71. The standard InChI is InChI=1S/C45H39FO8/c1-7-41(47)52-36-22-18-33(19-23-36)32-14-16-34(17-15-32)40-28-35(25-27-51-44(49)29(3)4)38(43(54-42(48)8-2)39(40)10-9-26-46)24-13-31-11-20-37(21-12-31)53-45(50)30(5)6/h7-8,11-12,14-23,28H,1-3,5,9-10,25-27H2,4,6H3. The summed E-state index contributed by atoms with van der Waals surface area (Å²) >= 11 is 0. The van der Waals surface area contributed by atoms with Gasteiger partial charge in [-0.3, -0.25) is 4.39 Å². The van der Waals surface area contributed by atoms with E-state index < -0.39 is 30.6 Å². The highest BCUT2D eigenvalue weighted by Gasteiger charge is 2.22. The van der Waals surface area contributed by atoms with Gasteiger partial charge in [0.05, 0.1) is 18.8 Å². The third kappa shape index (κ3) is 10.9. The molecule has 0 aromatic heterocycles. The third-order valence-corrected chi connectivity index (χ3v) is 7.86. The number of ether oxygens (including phenoxy) is 4. The summed E-state index contributed by atoms with van der Waals surface area (Å²) in [6, 6.07) is 23.0. The summed E-state index contributed by atoms with van der Waals surface area (Å²) in [4.78, 5) is 48.6. The van der Waals surface area contributed by atoms with Gasteiger partial charge in [-0.05, 0) is 97.0 Å². The molecule has 0 atom stereocenters. The molecule has 0 amide bonds. The molecule has 274 valence electrons. The molecule has 0 radical (unpaired) electrons. The number of benzene rings is 4. The van der Waals surface area contributed by atoms with E-state index in [-0.39, 0.29) is 42.8 Å². The van der Waals surface area contributed by atoms with Crippen LogP contribution in [0, 0.1) is 11.8 Å². The van der Waals surface area contributed by atoms with Gasteiger partial charge in [0.25, 0.3) is 0 Å². The van der Waals surface area contributed by atoms with E-state index in [9.17, 15) is 23.6 Å². The van der Waals surface area contributed by atoms with Gasteiger partial charge in [-0.15, -0.1) is 0 Å². The number of carbonyl (C=O) groups is 4. The number of hydrogen-bond acceptors (Lipinski definition) is 8. The van der Waals surface area contributed by atoms with E-state index in [1.54, 1.807) is 50.2 Å². The van der Waals surface area contributed by atoms with E-state index in [1.807, 2.05) is 42.5 Å². The minimum Gasteiger partial charge on any atom is -0.462 e. The number of esters is 4. The van der Waals surface area contributed by atoms with Crippen LogP contribution in [0.4, 0.5) is 4.39 Å². The van der Waals surface area contributed by atoms with Crippen LogP contribution in [0.25, 0.3) is 22.3 Å². The van der Waals surface area contributed by atoms with E-state index in [0.717, 1.165) is 28.8 Å². The second-order valence-corrected chi connectivity index (χ2v) is 12.0. The molecule has 0 spiro atoms. The van der Waals surface area contributed by atoms with Crippen LogP contribution in [0.1, 0.15) is 42.5 Å². The fourth-order valence-electron chi connectivity index (χ4n) is 5.12. The van der Waals surface area contributed by atoms with Gasteiger partial charge in [-0.1, -0.05) is 74.6 Å². The van der Waals surface area contributed by atoms with E-state index in [4.69, 9.17) is 18.9 Å². The Kier molecular flexibility index (Phi) is 14.2. The van der Waals surface area contributed by atoms with Crippen LogP contribution in [-0.2, 0) is 36.8 Å². The zero-order chi connectivity index (χ0) is 39.2. The van der Waals surface area contributed by atoms with E-state index in [2.05, 4.69) is 38.2 Å². The van der Waals surface area contributed by atoms with Crippen molar-refractivity contribution in [3.8, 4) is 51.3 Å². The molecule has 0 fully saturated rings. The minimum absolute atomic E-state index is 0.0295. The van der Waals surface area contributed by atoms with Crippen LogP contribution in [0.3, 0.4) is 0 Å². The molecule has 4 aromatic rings. The Labute approximate surface area is 314 Å². The highest BCUT2D eigenvalue weighted by atomic mass is 19.1. The first-order valence-electron chi connectivity index (χ1n) is 16.9. The van der Waals surface area contributed by atoms with Gasteiger partial charge in [0, 0.05) is 40.8 Å². The van der Waals surface area contributed by atoms with Crippen molar-refractivity contribution in [2.75, 3.05) is 13.3 Å². The molecule has 9 heteroatoms. The van der Waals surface area contributed by atoms with Gasteiger partial charge >= 0.3 is 23.9 Å². The highest BCUT2D eigenvalue weighted by Crippen LogP contribution is 2.39. The zero-order valence-electron chi connectivity index (χ0n) is 30.2. The number of halogens is 1. The predicted octanol–water partition coefficient (Wildman–Crippen LogP) is 8.65. The number of rotatable bonds is 15. The first-order chi connectivity index (χ1) is 25.9. The Morgan fingerprint density at radius 2 is 1.22 bits per heavy atom. The van der Waals surface area contributed by atoms with Crippen LogP contribution in [0.2, 0.25) is 0 Å². The summed E-state index contributed by atoms with van der Waals surface area (Å²) in [6.45, 7) is 16.6. The lowest BCUT2D eigenvalue weighted by molar-refractivity contribution is -0.139. The van der Waals surface area contributed by atoms with Crippen LogP contribution < -0.4 is 14.2 Å². The maximum Gasteiger partial charge on any atom is 0.338 e. The van der Waals surface area contributed by atoms with Crippen molar-refractivity contribution in [1.82, 2.24) is 0 Å². The molecule has 0 aliphatic heterocycles. The van der Waals surface area contributed by atoms with Crippen molar-refractivity contribution in [3.63, 3.8) is 0 Å². The minimum atomic E-state index is -0.738. The van der Waals surface area contributed by atoms with Crippen LogP contribution in [0.5, 0.6) is 17.2 Å². The largest absolute Gasteiger partial charge is 0.462 e. The summed E-state index contributed by atoms with van der Waals surface area (Å²) in [5, 5.41) is 0. The van der Waals surface area contributed by atoms with E-state index in [0.29, 0.717) is 39.3 Å². The molecular weight excluding hydrogens is 687 g/mol. The zero-order valence-corrected chi connectivity index (χ0v) is 30.2. The fourth-order valence-corrected chi connectivity index (χ4v) is 5.12. The number of hydrogen-bond donors (Lipinski definition) is 0. The molecule has 4 aromatic carbocycles. The smallest absolute Gasteiger partial charge is 0.338 e. The Morgan fingerprint density at radius 3 is 1.80 bits per heavy atom.